The Morgan fingerprint density at radius 3 is 2.33 bits per heavy atom. The van der Waals surface area contributed by atoms with Crippen molar-refractivity contribution in [2.75, 3.05) is 0 Å². The first-order valence-corrected chi connectivity index (χ1v) is 9.41. The largest absolute Gasteiger partial charge is 0.290 e. The van der Waals surface area contributed by atoms with Gasteiger partial charge in [0.1, 0.15) is 0 Å². The molecular formula is C19H20N2O2S. The van der Waals surface area contributed by atoms with E-state index in [1.54, 1.807) is 10.8 Å². The Hall–Kier alpha value is -2.40. The third-order valence-electron chi connectivity index (χ3n) is 3.99. The van der Waals surface area contributed by atoms with Crippen LogP contribution in [0.1, 0.15) is 22.3 Å². The quantitative estimate of drug-likeness (QED) is 0.726. The summed E-state index contributed by atoms with van der Waals surface area (Å²) in [5.41, 5.74) is 4.79. The highest BCUT2D eigenvalue weighted by atomic mass is 32.2. The van der Waals surface area contributed by atoms with Crippen molar-refractivity contribution >= 4 is 9.84 Å². The summed E-state index contributed by atoms with van der Waals surface area (Å²) in [5.74, 6) is -0.0604. The van der Waals surface area contributed by atoms with Crippen LogP contribution in [0.5, 0.6) is 0 Å². The fourth-order valence-electron chi connectivity index (χ4n) is 2.65. The average Bonchev–Trinajstić information content (AvgIpc) is 3.02. The molecule has 4 nitrogen and oxygen atoms in total. The fraction of sp³-hybridized carbons (Fsp3) is 0.211. The van der Waals surface area contributed by atoms with E-state index in [0.717, 1.165) is 27.9 Å². The number of aryl methyl sites for hydroxylation is 3. The first-order valence-electron chi connectivity index (χ1n) is 7.76. The minimum atomic E-state index is -3.54. The third kappa shape index (κ3) is 3.26. The van der Waals surface area contributed by atoms with Crippen LogP contribution in [0, 0.1) is 20.8 Å². The molecule has 1 aromatic heterocycles. The highest BCUT2D eigenvalue weighted by molar-refractivity contribution is 7.90. The molecule has 0 aliphatic heterocycles. The second-order valence-electron chi connectivity index (χ2n) is 6.11. The minimum Gasteiger partial charge on any atom is -0.290 e. The smallest absolute Gasteiger partial charge is 0.232 e. The summed E-state index contributed by atoms with van der Waals surface area (Å²) in [7, 11) is -3.54. The van der Waals surface area contributed by atoms with Gasteiger partial charge in [0.15, 0.2) is 0 Å². The lowest BCUT2D eigenvalue weighted by atomic mass is 10.1. The van der Waals surface area contributed by atoms with Crippen molar-refractivity contribution in [2.24, 2.45) is 0 Å². The van der Waals surface area contributed by atoms with Crippen LogP contribution in [-0.2, 0) is 15.6 Å². The van der Waals surface area contributed by atoms with Crippen molar-refractivity contribution in [1.29, 1.82) is 0 Å². The van der Waals surface area contributed by atoms with Crippen LogP contribution >= 0.6 is 0 Å². The molecule has 5 heteroatoms. The van der Waals surface area contributed by atoms with Gasteiger partial charge in [-0.1, -0.05) is 42.0 Å². The topological polar surface area (TPSA) is 52.0 Å². The van der Waals surface area contributed by atoms with E-state index in [1.165, 1.54) is 6.20 Å². The van der Waals surface area contributed by atoms with E-state index >= 15 is 0 Å². The first kappa shape index (κ1) is 16.5. The summed E-state index contributed by atoms with van der Waals surface area (Å²) in [5, 5.41) is 0.0803. The lowest BCUT2D eigenvalue weighted by molar-refractivity contribution is 0.583. The molecule has 0 radical (unpaired) electrons. The van der Waals surface area contributed by atoms with Gasteiger partial charge in [0.2, 0.25) is 15.0 Å². The van der Waals surface area contributed by atoms with Gasteiger partial charge >= 0.3 is 0 Å². The Morgan fingerprint density at radius 2 is 1.62 bits per heavy atom. The van der Waals surface area contributed by atoms with Gasteiger partial charge in [-0.25, -0.2) is 13.4 Å². The lowest BCUT2D eigenvalue weighted by Gasteiger charge is -2.12. The Kier molecular flexibility index (Phi) is 4.28. The highest BCUT2D eigenvalue weighted by Gasteiger charge is 2.22. The van der Waals surface area contributed by atoms with Gasteiger partial charge in [0.25, 0.3) is 0 Å². The van der Waals surface area contributed by atoms with E-state index < -0.39 is 9.84 Å². The Bertz CT molecular complexity index is 971. The molecule has 0 aliphatic carbocycles. The van der Waals surface area contributed by atoms with E-state index in [2.05, 4.69) is 4.98 Å². The molecule has 0 saturated heterocycles. The average molecular weight is 340 g/mol. The molecule has 0 fully saturated rings. The zero-order valence-corrected chi connectivity index (χ0v) is 14.8. The molecule has 0 bridgehead atoms. The van der Waals surface area contributed by atoms with Crippen LogP contribution in [0.25, 0.3) is 5.69 Å². The summed E-state index contributed by atoms with van der Waals surface area (Å²) in [4.78, 5) is 4.12. The second kappa shape index (κ2) is 6.24. The van der Waals surface area contributed by atoms with Crippen LogP contribution in [-0.4, -0.2) is 18.0 Å². The maximum Gasteiger partial charge on any atom is 0.232 e. The van der Waals surface area contributed by atoms with Crippen LogP contribution in [0.2, 0.25) is 0 Å². The standard InChI is InChI=1S/C19H20N2O2S/c1-14-5-8-17(9-6-14)13-24(22,23)19-20-10-11-21(19)18-12-15(2)4-7-16(18)3/h4-12H,13H2,1-3H3. The van der Waals surface area contributed by atoms with Gasteiger partial charge in [-0.2, -0.15) is 0 Å². The molecule has 0 aliphatic rings. The minimum absolute atomic E-state index is 0.0604. The molecule has 3 aromatic rings. The van der Waals surface area contributed by atoms with Crippen molar-refractivity contribution in [3.8, 4) is 5.69 Å². The van der Waals surface area contributed by atoms with E-state index in [9.17, 15) is 8.42 Å². The van der Waals surface area contributed by atoms with Gasteiger partial charge in [0, 0.05) is 12.4 Å². The van der Waals surface area contributed by atoms with E-state index in [0.29, 0.717) is 0 Å². The molecule has 0 atom stereocenters. The van der Waals surface area contributed by atoms with Crippen LogP contribution in [0.3, 0.4) is 0 Å². The predicted molar refractivity (Wildman–Crippen MR) is 95.1 cm³/mol. The molecule has 0 N–H and O–H groups in total. The predicted octanol–water partition coefficient (Wildman–Crippen LogP) is 3.77. The summed E-state index contributed by atoms with van der Waals surface area (Å²) >= 11 is 0. The zero-order valence-electron chi connectivity index (χ0n) is 14.0. The number of sulfone groups is 1. The number of hydrogen-bond donors (Lipinski definition) is 0. The number of rotatable bonds is 4. The van der Waals surface area contributed by atoms with Crippen LogP contribution in [0.4, 0.5) is 0 Å². The molecule has 0 unspecified atom stereocenters. The van der Waals surface area contributed by atoms with Gasteiger partial charge in [-0.15, -0.1) is 0 Å². The molecule has 0 spiro atoms. The zero-order chi connectivity index (χ0) is 17.3. The van der Waals surface area contributed by atoms with Crippen LogP contribution < -0.4 is 0 Å². The number of aromatic nitrogens is 2. The first-order chi connectivity index (χ1) is 11.4. The molecule has 24 heavy (non-hydrogen) atoms. The molecule has 2 aromatic carbocycles. The monoisotopic (exact) mass is 340 g/mol. The molecule has 1 heterocycles. The van der Waals surface area contributed by atoms with E-state index in [1.807, 2.05) is 63.2 Å². The third-order valence-corrected chi connectivity index (χ3v) is 5.56. The number of hydrogen-bond acceptors (Lipinski definition) is 3. The van der Waals surface area contributed by atoms with Gasteiger partial charge in [0.05, 0.1) is 11.4 Å². The molecular weight excluding hydrogens is 320 g/mol. The maximum atomic E-state index is 12.9. The Labute approximate surface area is 142 Å². The van der Waals surface area contributed by atoms with Crippen LogP contribution in [0.15, 0.2) is 60.0 Å². The van der Waals surface area contributed by atoms with Gasteiger partial charge in [-0.05, 0) is 43.5 Å². The van der Waals surface area contributed by atoms with Crippen molar-refractivity contribution in [3.63, 3.8) is 0 Å². The van der Waals surface area contributed by atoms with Gasteiger partial charge in [-0.3, -0.25) is 4.57 Å². The number of benzene rings is 2. The summed E-state index contributed by atoms with van der Waals surface area (Å²) in [6.45, 7) is 5.93. The summed E-state index contributed by atoms with van der Waals surface area (Å²) < 4.78 is 27.4. The Balaban J connectivity index is 2.02. The van der Waals surface area contributed by atoms with Crippen molar-refractivity contribution in [2.45, 2.75) is 31.7 Å². The van der Waals surface area contributed by atoms with E-state index in [4.69, 9.17) is 0 Å². The maximum absolute atomic E-state index is 12.9. The normalized spacial score (nSPS) is 11.6. The lowest BCUT2D eigenvalue weighted by Crippen LogP contribution is -2.12. The van der Waals surface area contributed by atoms with Crippen molar-refractivity contribution in [3.05, 3.63) is 77.1 Å². The fourth-order valence-corrected chi connectivity index (χ4v) is 4.09. The second-order valence-corrected chi connectivity index (χ2v) is 8.00. The molecule has 124 valence electrons. The summed E-state index contributed by atoms with van der Waals surface area (Å²) in [6, 6.07) is 13.5. The van der Waals surface area contributed by atoms with Crippen molar-refractivity contribution < 1.29 is 8.42 Å². The van der Waals surface area contributed by atoms with Gasteiger partial charge < -0.3 is 0 Å². The number of nitrogens with zero attached hydrogens (tertiary/aromatic N) is 2. The summed E-state index contributed by atoms with van der Waals surface area (Å²) in [6.07, 6.45) is 3.23. The SMILES string of the molecule is Cc1ccc(CS(=O)(=O)c2nccn2-c2cc(C)ccc2C)cc1. The highest BCUT2D eigenvalue weighted by Crippen LogP contribution is 2.22. The molecule has 3 rings (SSSR count). The number of imidazole rings is 1. The Morgan fingerprint density at radius 1 is 0.958 bits per heavy atom. The molecule has 0 saturated carbocycles. The van der Waals surface area contributed by atoms with Crippen molar-refractivity contribution in [1.82, 2.24) is 9.55 Å². The molecule has 0 amide bonds. The van der Waals surface area contributed by atoms with E-state index in [-0.39, 0.29) is 10.9 Å².